The Morgan fingerprint density at radius 1 is 0.457 bits per heavy atom. The van der Waals surface area contributed by atoms with Crippen LogP contribution in [0.2, 0.25) is 0 Å². The third-order valence-corrected chi connectivity index (χ3v) is 24.0. The molecule has 1 aromatic heterocycles. The number of aromatic hydroxyl groups is 2. The van der Waals surface area contributed by atoms with Crippen LogP contribution in [0, 0.1) is 11.8 Å². The number of nitrogens with one attached hydrogen (secondary N) is 9. The predicted octanol–water partition coefficient (Wildman–Crippen LogP) is 3.06. The van der Waals surface area contributed by atoms with Gasteiger partial charge in [0, 0.05) is 84.2 Å². The molecule has 1 aliphatic rings. The Balaban J connectivity index is 1.21. The highest BCUT2D eigenvalue weighted by Crippen LogP contribution is 2.28. The molecule has 7 aromatic rings. The predicted molar refractivity (Wildman–Crippen MR) is 486 cm³/mol. The molecule has 11 atom stereocenters. The third-order valence-electron chi connectivity index (χ3n) is 21.9. The zero-order valence-corrected chi connectivity index (χ0v) is 75.6. The van der Waals surface area contributed by atoms with E-state index in [1.807, 2.05) is 25.1 Å². The van der Waals surface area contributed by atoms with E-state index in [0.717, 1.165) is 36.5 Å². The standard InChI is InChI=1S/C93H117N15O19S2/c1-11-12-31-73-91(125)105(7)51-79(113)97-69(48-81(115)116)87(121)103-82(56(4)5)93(127)107(9)74(45-58-26-18-14-19-27-58)88(122)101-70(44-61-35-39-64(110)40-36-61)89(123)104(6)50-78(112)96-68(47-62-52-129-76-32-23-22-30-65(62)76)86(120)100-67(42-60-33-37-63(109)38-34-60)85(119)99-66(41-55(2)3)84(118)102-72(83(117)95-49-77(94)111)53-128-54-80(114)98-71(43-57-24-16-13-17-25-57)90(124)108(10)75(92(126)106(73)8)46-59-28-20-15-21-29-59/h13-30,32-40,52,55-56,66-75,82,109-110H,11-12,31,41-51,53-54H2,1-10H3,(H2,94,111)(H,95,117)(H,96,112)(H,97,113)(H,98,114)(H,99,119)(H,100,120)(H,101,122)(H,102,118)(H,103,121)(H,115,116)/t66-,67-,68-,69-,70-,71-,72-,73-,74-,75-,82-/m0/s1. The summed E-state index contributed by atoms with van der Waals surface area (Å²) in [6.07, 6.45) is -1.46. The lowest BCUT2D eigenvalue weighted by atomic mass is 9.98. The Morgan fingerprint density at radius 2 is 0.899 bits per heavy atom. The summed E-state index contributed by atoms with van der Waals surface area (Å²) in [4.78, 5) is 240. The van der Waals surface area contributed by atoms with Gasteiger partial charge in [-0.15, -0.1) is 23.1 Å². The summed E-state index contributed by atoms with van der Waals surface area (Å²) < 4.78 is 0.820. The van der Waals surface area contributed by atoms with E-state index in [1.54, 1.807) is 130 Å². The lowest BCUT2D eigenvalue weighted by molar-refractivity contribution is -0.151. The number of nitrogens with zero attached hydrogens (tertiary/aromatic N) is 5. The molecular weight excluding hydrogens is 1700 g/mol. The van der Waals surface area contributed by atoms with Crippen molar-refractivity contribution in [3.05, 3.63) is 203 Å². The summed E-state index contributed by atoms with van der Waals surface area (Å²) in [5, 5.41) is 57.5. The summed E-state index contributed by atoms with van der Waals surface area (Å²) in [5.74, 6) is -17.3. The minimum Gasteiger partial charge on any atom is -0.508 e. The summed E-state index contributed by atoms with van der Waals surface area (Å²) in [7, 11) is 6.55. The molecule has 14 N–H and O–H groups in total. The van der Waals surface area contributed by atoms with Crippen LogP contribution < -0.4 is 53.6 Å². The first-order valence-corrected chi connectivity index (χ1v) is 44.6. The van der Waals surface area contributed by atoms with Crippen molar-refractivity contribution in [1.82, 2.24) is 72.4 Å². The smallest absolute Gasteiger partial charge is 0.305 e. The molecule has 0 spiro atoms. The van der Waals surface area contributed by atoms with Gasteiger partial charge >= 0.3 is 5.97 Å². The van der Waals surface area contributed by atoms with E-state index in [4.69, 9.17) is 5.73 Å². The van der Waals surface area contributed by atoms with Crippen LogP contribution in [0.4, 0.5) is 0 Å². The minimum absolute atomic E-state index is 0.0308. The molecule has 6 aromatic carbocycles. The van der Waals surface area contributed by atoms with Crippen LogP contribution in [0.5, 0.6) is 11.5 Å². The first-order valence-electron chi connectivity index (χ1n) is 42.6. The number of primary amides is 1. The maximum Gasteiger partial charge on any atom is 0.305 e. The number of hydrogen-bond acceptors (Lipinski definition) is 20. The number of carboxylic acid groups (broad SMARTS) is 1. The fraction of sp³-hybridized carbons (Fsp3) is 0.419. The fourth-order valence-electron chi connectivity index (χ4n) is 14.8. The highest BCUT2D eigenvalue weighted by atomic mass is 32.2. The van der Waals surface area contributed by atoms with Gasteiger partial charge in [-0.3, -0.25) is 76.7 Å². The van der Waals surface area contributed by atoms with E-state index in [9.17, 15) is 58.5 Å². The van der Waals surface area contributed by atoms with E-state index in [-0.39, 0.29) is 74.5 Å². The topological polar surface area (TPSA) is 484 Å². The number of phenols is 2. The molecule has 1 aliphatic heterocycles. The number of likely N-dealkylation sites (N-methyl/N-ethyl adjacent to an activating group) is 5. The number of nitrogens with two attached hydrogens (primary N) is 1. The van der Waals surface area contributed by atoms with Crippen LogP contribution in [0.3, 0.4) is 0 Å². The molecule has 34 nitrogen and oxygen atoms in total. The van der Waals surface area contributed by atoms with E-state index < -0.39 is 199 Å². The number of carbonyl (C=O) groups excluding carboxylic acids is 15. The van der Waals surface area contributed by atoms with Crippen LogP contribution in [0.15, 0.2) is 169 Å². The van der Waals surface area contributed by atoms with Crippen molar-refractivity contribution in [2.24, 2.45) is 17.6 Å². The lowest BCUT2D eigenvalue weighted by Gasteiger charge is -2.37. The fourth-order valence-corrected chi connectivity index (χ4v) is 16.7. The van der Waals surface area contributed by atoms with Crippen LogP contribution >= 0.6 is 23.1 Å². The van der Waals surface area contributed by atoms with Crippen molar-refractivity contribution in [3.63, 3.8) is 0 Å². The van der Waals surface area contributed by atoms with E-state index in [1.165, 1.54) is 105 Å². The van der Waals surface area contributed by atoms with Crippen molar-refractivity contribution in [3.8, 4) is 11.5 Å². The monoisotopic (exact) mass is 1810 g/mol. The number of thioether (sulfide) groups is 1. The Labute approximate surface area is 757 Å². The maximum atomic E-state index is 15.5. The second-order valence-electron chi connectivity index (χ2n) is 33.0. The van der Waals surface area contributed by atoms with Crippen molar-refractivity contribution in [2.45, 2.75) is 172 Å². The van der Waals surface area contributed by atoms with E-state index in [0.29, 0.717) is 46.2 Å². The molecular formula is C93H117N15O19S2. The van der Waals surface area contributed by atoms with Crippen LogP contribution in [-0.4, -0.2) is 267 Å². The molecule has 0 radical (unpaired) electrons. The van der Waals surface area contributed by atoms with Crippen LogP contribution in [-0.2, 0) is 115 Å². The molecule has 690 valence electrons. The maximum absolute atomic E-state index is 15.5. The third kappa shape index (κ3) is 30.8. The number of carbonyl (C=O) groups is 16. The average molecular weight is 1810 g/mol. The number of carboxylic acids is 1. The Hall–Kier alpha value is -13.3. The van der Waals surface area contributed by atoms with Crippen molar-refractivity contribution >= 4 is 128 Å². The Morgan fingerprint density at radius 3 is 1.43 bits per heavy atom. The normalized spacial score (nSPS) is 21.9. The Bertz CT molecular complexity index is 5070. The number of thiophene rings is 1. The molecule has 129 heavy (non-hydrogen) atoms. The number of hydrogen-bond donors (Lipinski definition) is 13. The number of rotatable bonds is 23. The van der Waals surface area contributed by atoms with Gasteiger partial charge in [0.2, 0.25) is 88.6 Å². The van der Waals surface area contributed by atoms with Crippen molar-refractivity contribution < 1.29 is 92.0 Å². The number of unbranched alkanes of at least 4 members (excludes halogenated alkanes) is 1. The molecule has 0 bridgehead atoms. The van der Waals surface area contributed by atoms with Gasteiger partial charge in [0.15, 0.2) is 0 Å². The number of fused-ring (bicyclic) bond motifs is 1. The highest BCUT2D eigenvalue weighted by Gasteiger charge is 2.42. The van der Waals surface area contributed by atoms with Gasteiger partial charge in [-0.25, -0.2) is 0 Å². The van der Waals surface area contributed by atoms with Gasteiger partial charge in [-0.2, -0.15) is 0 Å². The molecule has 0 saturated carbocycles. The van der Waals surface area contributed by atoms with Gasteiger partial charge in [0.05, 0.1) is 31.8 Å². The number of benzene rings is 6. The quantitative estimate of drug-likeness (QED) is 0.0438. The summed E-state index contributed by atoms with van der Waals surface area (Å²) in [6.45, 7) is 6.20. The molecule has 8 rings (SSSR count). The minimum atomic E-state index is -1.90. The summed E-state index contributed by atoms with van der Waals surface area (Å²) in [5.41, 5.74) is 8.55. The van der Waals surface area contributed by atoms with E-state index in [2.05, 4.69) is 47.9 Å². The zero-order chi connectivity index (χ0) is 94.3. The first kappa shape index (κ1) is 101. The van der Waals surface area contributed by atoms with Crippen molar-refractivity contribution in [2.75, 3.05) is 66.4 Å². The average Bonchev–Trinajstić information content (AvgIpc) is 1.50. The SMILES string of the molecule is CCCC[C@H]1C(=O)N(C)CC(=O)N[C@@H](CC(=O)O)C(=O)N[C@@H](C(C)C)C(=O)N(C)[C@@H](Cc2ccccc2)C(=O)N[C@@H](Cc2ccc(O)cc2)C(=O)N(C)CC(=O)N[C@@H](Cc2csc3ccccc23)C(=O)N[C@@H](Cc2ccc(O)cc2)C(=O)N[C@@H](CC(C)C)C(=O)N[C@H](C(=O)NCC(N)=O)CSCC(=O)N[C@@H](Cc2ccccc2)C(=O)N(C)[C@@H](Cc2ccccc2)C(=O)N1C. The molecule has 0 unspecified atom stereocenters. The second kappa shape index (κ2) is 49.2. The Kier molecular flexibility index (Phi) is 38.6. The van der Waals surface area contributed by atoms with Gasteiger partial charge in [0.1, 0.15) is 78.0 Å². The van der Waals surface area contributed by atoms with Crippen LogP contribution in [0.1, 0.15) is 100 Å². The van der Waals surface area contributed by atoms with Gasteiger partial charge < -0.3 is 93.4 Å². The van der Waals surface area contributed by atoms with Gasteiger partial charge in [-0.05, 0) is 99.2 Å². The number of amides is 15. The molecule has 2 heterocycles. The zero-order valence-electron chi connectivity index (χ0n) is 74.0. The van der Waals surface area contributed by atoms with E-state index >= 15 is 33.6 Å². The number of phenolic OH excluding ortho intramolecular Hbond substituents is 2. The lowest BCUT2D eigenvalue weighted by Crippen LogP contribution is -2.61. The largest absolute Gasteiger partial charge is 0.508 e. The van der Waals surface area contributed by atoms with Crippen LogP contribution in [0.25, 0.3) is 10.1 Å². The highest BCUT2D eigenvalue weighted by molar-refractivity contribution is 8.00. The van der Waals surface area contributed by atoms with Crippen molar-refractivity contribution in [1.29, 1.82) is 0 Å². The second-order valence-corrected chi connectivity index (χ2v) is 34.9. The molecule has 1 fully saturated rings. The molecule has 0 aliphatic carbocycles. The first-order chi connectivity index (χ1) is 61.4. The summed E-state index contributed by atoms with van der Waals surface area (Å²) >= 11 is 2.18. The number of aliphatic carboxylic acids is 1. The van der Waals surface area contributed by atoms with Gasteiger partial charge in [0.25, 0.3) is 0 Å². The molecule has 36 heteroatoms. The van der Waals surface area contributed by atoms with Gasteiger partial charge in [-0.1, -0.05) is 181 Å². The molecule has 1 saturated heterocycles. The summed E-state index contributed by atoms with van der Waals surface area (Å²) in [6, 6.07) is 27.5. The molecule has 15 amide bonds.